The molecule has 0 spiro atoms. The van der Waals surface area contributed by atoms with Crippen LogP contribution in [0.4, 0.5) is 0 Å². The highest BCUT2D eigenvalue weighted by Gasteiger charge is 2.22. The molecule has 0 aliphatic rings. The third-order valence-corrected chi connectivity index (χ3v) is 3.62. The Morgan fingerprint density at radius 3 is 2.26 bits per heavy atom. The summed E-state index contributed by atoms with van der Waals surface area (Å²) in [5.74, 6) is 0.0395. The van der Waals surface area contributed by atoms with Gasteiger partial charge in [0.2, 0.25) is 5.91 Å². The van der Waals surface area contributed by atoms with Crippen LogP contribution in [0.25, 0.3) is 0 Å². The van der Waals surface area contributed by atoms with E-state index in [-0.39, 0.29) is 24.8 Å². The van der Waals surface area contributed by atoms with E-state index in [2.05, 4.69) is 0 Å². The fraction of sp³-hybridized carbons (Fsp3) is 0.556. The third kappa shape index (κ3) is 6.72. The standard InChI is InChI=1S/C18H27NO4/c1-13(2)12-19(10-9-17(20)21)18(22)14(3)11-15-5-7-16(23-4)8-6-15/h5-8,13-14H,9-12H2,1-4H3,(H,20,21). The second kappa shape index (κ2) is 9.18. The fourth-order valence-corrected chi connectivity index (χ4v) is 2.48. The van der Waals surface area contributed by atoms with E-state index in [4.69, 9.17) is 9.84 Å². The number of hydrogen-bond donors (Lipinski definition) is 1. The van der Waals surface area contributed by atoms with Crippen LogP contribution in [-0.2, 0) is 16.0 Å². The van der Waals surface area contributed by atoms with Gasteiger partial charge in [0.05, 0.1) is 13.5 Å². The van der Waals surface area contributed by atoms with Crippen LogP contribution in [0.5, 0.6) is 5.75 Å². The quantitative estimate of drug-likeness (QED) is 0.759. The Kier molecular flexibility index (Phi) is 7.59. The summed E-state index contributed by atoms with van der Waals surface area (Å²) in [5, 5.41) is 8.85. The first-order chi connectivity index (χ1) is 10.8. The van der Waals surface area contributed by atoms with Crippen molar-refractivity contribution in [3.8, 4) is 5.75 Å². The summed E-state index contributed by atoms with van der Waals surface area (Å²) in [7, 11) is 1.62. The Labute approximate surface area is 138 Å². The van der Waals surface area contributed by atoms with Crippen molar-refractivity contribution >= 4 is 11.9 Å². The minimum atomic E-state index is -0.880. The molecule has 0 radical (unpaired) electrons. The molecular weight excluding hydrogens is 294 g/mol. The van der Waals surface area contributed by atoms with Gasteiger partial charge in [-0.05, 0) is 30.0 Å². The van der Waals surface area contributed by atoms with E-state index < -0.39 is 5.97 Å². The van der Waals surface area contributed by atoms with Crippen molar-refractivity contribution in [3.63, 3.8) is 0 Å². The normalized spacial score (nSPS) is 12.0. The Morgan fingerprint density at radius 1 is 1.17 bits per heavy atom. The van der Waals surface area contributed by atoms with E-state index >= 15 is 0 Å². The third-order valence-electron chi connectivity index (χ3n) is 3.62. The number of ether oxygens (including phenoxy) is 1. The number of carbonyl (C=O) groups is 2. The summed E-state index contributed by atoms with van der Waals surface area (Å²) in [4.78, 5) is 25.1. The molecule has 1 N–H and O–H groups in total. The molecule has 0 aliphatic carbocycles. The van der Waals surface area contributed by atoms with Crippen LogP contribution in [-0.4, -0.2) is 42.1 Å². The zero-order valence-corrected chi connectivity index (χ0v) is 14.4. The van der Waals surface area contributed by atoms with E-state index in [1.54, 1.807) is 12.0 Å². The maximum absolute atomic E-state index is 12.6. The lowest BCUT2D eigenvalue weighted by atomic mass is 9.99. The molecule has 5 heteroatoms. The summed E-state index contributed by atoms with van der Waals surface area (Å²) in [6, 6.07) is 7.66. The molecule has 23 heavy (non-hydrogen) atoms. The molecule has 1 amide bonds. The number of methoxy groups -OCH3 is 1. The van der Waals surface area contributed by atoms with E-state index in [1.807, 2.05) is 45.0 Å². The molecule has 5 nitrogen and oxygen atoms in total. The Bertz CT molecular complexity index is 510. The number of aliphatic carboxylic acids is 1. The zero-order chi connectivity index (χ0) is 17.4. The van der Waals surface area contributed by atoms with E-state index in [9.17, 15) is 9.59 Å². The molecule has 1 unspecified atom stereocenters. The Hall–Kier alpha value is -2.04. The van der Waals surface area contributed by atoms with E-state index in [0.29, 0.717) is 18.9 Å². The van der Waals surface area contributed by atoms with Crippen LogP contribution in [0.3, 0.4) is 0 Å². The van der Waals surface area contributed by atoms with Crippen LogP contribution in [0, 0.1) is 11.8 Å². The van der Waals surface area contributed by atoms with Crippen molar-refractivity contribution in [1.29, 1.82) is 0 Å². The number of nitrogens with zero attached hydrogens (tertiary/aromatic N) is 1. The van der Waals surface area contributed by atoms with Gasteiger partial charge >= 0.3 is 5.97 Å². The molecule has 1 rings (SSSR count). The lowest BCUT2D eigenvalue weighted by Gasteiger charge is -2.27. The molecule has 1 aromatic rings. The van der Waals surface area contributed by atoms with Gasteiger partial charge in [-0.15, -0.1) is 0 Å². The number of hydrogen-bond acceptors (Lipinski definition) is 3. The van der Waals surface area contributed by atoms with Crippen molar-refractivity contribution in [2.24, 2.45) is 11.8 Å². The molecule has 0 aliphatic heterocycles. The summed E-state index contributed by atoms with van der Waals surface area (Å²) >= 11 is 0. The van der Waals surface area contributed by atoms with Gasteiger partial charge in [0.1, 0.15) is 5.75 Å². The Balaban J connectivity index is 2.69. The fourth-order valence-electron chi connectivity index (χ4n) is 2.48. The number of benzene rings is 1. The monoisotopic (exact) mass is 321 g/mol. The van der Waals surface area contributed by atoms with Gasteiger partial charge in [-0.1, -0.05) is 32.9 Å². The molecule has 0 bridgehead atoms. The number of carboxylic acid groups (broad SMARTS) is 1. The topological polar surface area (TPSA) is 66.8 Å². The van der Waals surface area contributed by atoms with E-state index in [0.717, 1.165) is 11.3 Å². The molecule has 0 aromatic heterocycles. The Morgan fingerprint density at radius 2 is 1.78 bits per heavy atom. The number of rotatable bonds is 9. The molecule has 0 heterocycles. The highest BCUT2D eigenvalue weighted by atomic mass is 16.5. The maximum atomic E-state index is 12.6. The van der Waals surface area contributed by atoms with Crippen molar-refractivity contribution < 1.29 is 19.4 Å². The molecule has 0 fully saturated rings. The summed E-state index contributed by atoms with van der Waals surface area (Å²) < 4.78 is 5.13. The van der Waals surface area contributed by atoms with Crippen LogP contribution in [0.2, 0.25) is 0 Å². The van der Waals surface area contributed by atoms with Crippen LogP contribution in [0.1, 0.15) is 32.8 Å². The smallest absolute Gasteiger partial charge is 0.305 e. The average Bonchev–Trinajstić information content (AvgIpc) is 2.50. The van der Waals surface area contributed by atoms with Crippen LogP contribution < -0.4 is 4.74 Å². The predicted octanol–water partition coefficient (Wildman–Crippen LogP) is 2.83. The number of carboxylic acids is 1. The molecule has 1 aromatic carbocycles. The van der Waals surface area contributed by atoms with Gasteiger partial charge in [-0.3, -0.25) is 9.59 Å². The van der Waals surface area contributed by atoms with Gasteiger partial charge in [0.15, 0.2) is 0 Å². The predicted molar refractivity (Wildman–Crippen MR) is 89.5 cm³/mol. The number of carbonyl (C=O) groups excluding carboxylic acids is 1. The first-order valence-electron chi connectivity index (χ1n) is 7.97. The SMILES string of the molecule is COc1ccc(CC(C)C(=O)N(CCC(=O)O)CC(C)C)cc1. The zero-order valence-electron chi connectivity index (χ0n) is 14.4. The van der Waals surface area contributed by atoms with Gasteiger partial charge in [0.25, 0.3) is 0 Å². The van der Waals surface area contributed by atoms with Gasteiger partial charge in [0, 0.05) is 19.0 Å². The number of amides is 1. The summed E-state index contributed by atoms with van der Waals surface area (Å²) in [6.45, 7) is 6.78. The minimum absolute atomic E-state index is 0.00997. The average molecular weight is 321 g/mol. The first kappa shape index (κ1) is 19.0. The van der Waals surface area contributed by atoms with Gasteiger partial charge in [-0.2, -0.15) is 0 Å². The van der Waals surface area contributed by atoms with Crippen LogP contribution in [0.15, 0.2) is 24.3 Å². The van der Waals surface area contributed by atoms with Crippen molar-refractivity contribution in [1.82, 2.24) is 4.90 Å². The largest absolute Gasteiger partial charge is 0.497 e. The van der Waals surface area contributed by atoms with Crippen LogP contribution >= 0.6 is 0 Å². The van der Waals surface area contributed by atoms with Gasteiger partial charge in [-0.25, -0.2) is 0 Å². The summed E-state index contributed by atoms with van der Waals surface area (Å²) in [6.07, 6.45) is 0.609. The summed E-state index contributed by atoms with van der Waals surface area (Å²) in [5.41, 5.74) is 1.06. The lowest BCUT2D eigenvalue weighted by molar-refractivity contribution is -0.139. The van der Waals surface area contributed by atoms with Crippen molar-refractivity contribution in [2.75, 3.05) is 20.2 Å². The van der Waals surface area contributed by atoms with Gasteiger partial charge < -0.3 is 14.7 Å². The second-order valence-corrected chi connectivity index (χ2v) is 6.28. The maximum Gasteiger partial charge on any atom is 0.305 e. The van der Waals surface area contributed by atoms with E-state index in [1.165, 1.54) is 0 Å². The molecular formula is C18H27NO4. The molecule has 0 saturated carbocycles. The highest BCUT2D eigenvalue weighted by molar-refractivity contribution is 5.79. The first-order valence-corrected chi connectivity index (χ1v) is 7.97. The highest BCUT2D eigenvalue weighted by Crippen LogP contribution is 2.16. The van der Waals surface area contributed by atoms with Crippen molar-refractivity contribution in [3.05, 3.63) is 29.8 Å². The molecule has 128 valence electrons. The minimum Gasteiger partial charge on any atom is -0.497 e. The molecule has 1 atom stereocenters. The second-order valence-electron chi connectivity index (χ2n) is 6.28. The molecule has 0 saturated heterocycles. The lowest BCUT2D eigenvalue weighted by Crippen LogP contribution is -2.39. The van der Waals surface area contributed by atoms with Crippen molar-refractivity contribution in [2.45, 2.75) is 33.6 Å².